The molecule has 0 aliphatic rings. The highest BCUT2D eigenvalue weighted by Gasteiger charge is 2.18. The molecule has 0 fully saturated rings. The number of nitrogens with zero attached hydrogens (tertiary/aromatic N) is 4. The molecule has 5 rings (SSSR count). The van der Waals surface area contributed by atoms with Gasteiger partial charge in [0.2, 0.25) is 11.9 Å². The molecular formula is C33H33N7O3. The van der Waals surface area contributed by atoms with E-state index in [1.807, 2.05) is 42.5 Å². The molecule has 218 valence electrons. The Hall–Kier alpha value is -5.35. The highest BCUT2D eigenvalue weighted by Crippen LogP contribution is 2.29. The third kappa shape index (κ3) is 6.94. The molecule has 0 bridgehead atoms. The number of amides is 1. The Morgan fingerprint density at radius 3 is 2.33 bits per heavy atom. The summed E-state index contributed by atoms with van der Waals surface area (Å²) in [5.74, 6) is 0.145. The van der Waals surface area contributed by atoms with Crippen molar-refractivity contribution in [3.05, 3.63) is 124 Å². The minimum Gasteiger partial charge on any atom is -0.392 e. The lowest BCUT2D eigenvalue weighted by Gasteiger charge is -2.19. The lowest BCUT2D eigenvalue weighted by Crippen LogP contribution is -2.18. The molecule has 0 saturated heterocycles. The van der Waals surface area contributed by atoms with Gasteiger partial charge in [0.05, 0.1) is 13.2 Å². The Labute approximate surface area is 249 Å². The molecule has 43 heavy (non-hydrogen) atoms. The summed E-state index contributed by atoms with van der Waals surface area (Å²) in [5, 5.41) is 16.3. The second-order valence-electron chi connectivity index (χ2n) is 11.1. The van der Waals surface area contributed by atoms with Crippen LogP contribution in [0, 0.1) is 0 Å². The minimum absolute atomic E-state index is 0.00941. The maximum Gasteiger partial charge on any atom is 0.255 e. The number of nitrogens with two attached hydrogens (primary N) is 1. The fourth-order valence-corrected chi connectivity index (χ4v) is 4.58. The van der Waals surface area contributed by atoms with Crippen molar-refractivity contribution in [3.8, 4) is 11.4 Å². The van der Waals surface area contributed by atoms with Gasteiger partial charge in [-0.3, -0.25) is 9.59 Å². The summed E-state index contributed by atoms with van der Waals surface area (Å²) >= 11 is 0. The first kappa shape index (κ1) is 29.2. The zero-order chi connectivity index (χ0) is 30.6. The van der Waals surface area contributed by atoms with Gasteiger partial charge >= 0.3 is 0 Å². The van der Waals surface area contributed by atoms with Crippen molar-refractivity contribution in [2.24, 2.45) is 0 Å². The average Bonchev–Trinajstić information content (AvgIpc) is 2.98. The summed E-state index contributed by atoms with van der Waals surface area (Å²) in [4.78, 5) is 38.1. The fourth-order valence-electron chi connectivity index (χ4n) is 4.58. The summed E-state index contributed by atoms with van der Waals surface area (Å²) in [6, 6.07) is 25.2. The molecule has 10 nitrogen and oxygen atoms in total. The fraction of sp³-hybridized carbons (Fsp3) is 0.182. The van der Waals surface area contributed by atoms with Gasteiger partial charge in [-0.25, -0.2) is 0 Å². The van der Waals surface area contributed by atoms with Crippen LogP contribution >= 0.6 is 0 Å². The molecule has 0 aliphatic carbocycles. The summed E-state index contributed by atoms with van der Waals surface area (Å²) < 4.78 is 1.62. The first-order valence-electron chi connectivity index (χ1n) is 13.8. The largest absolute Gasteiger partial charge is 0.392 e. The van der Waals surface area contributed by atoms with Crippen LogP contribution in [0.2, 0.25) is 0 Å². The third-order valence-corrected chi connectivity index (χ3v) is 6.95. The van der Waals surface area contributed by atoms with Crippen LogP contribution in [-0.2, 0) is 18.6 Å². The summed E-state index contributed by atoms with van der Waals surface area (Å²) in [7, 11) is 0. The Morgan fingerprint density at radius 1 is 0.907 bits per heavy atom. The number of carbonyl (C=O) groups excluding carboxylic acids is 1. The van der Waals surface area contributed by atoms with Crippen LogP contribution in [0.25, 0.3) is 11.4 Å². The number of aliphatic hydroxyl groups excluding tert-OH is 1. The second kappa shape index (κ2) is 12.3. The van der Waals surface area contributed by atoms with Gasteiger partial charge in [-0.1, -0.05) is 63.2 Å². The van der Waals surface area contributed by atoms with Crippen molar-refractivity contribution >= 4 is 29.2 Å². The molecule has 1 amide bonds. The number of hydrogen-bond acceptors (Lipinski definition) is 8. The predicted molar refractivity (Wildman–Crippen MR) is 168 cm³/mol. The maximum absolute atomic E-state index is 13.1. The van der Waals surface area contributed by atoms with Crippen LogP contribution in [0.4, 0.5) is 23.3 Å². The standard InChI is InChI=1S/C33H33N7O3/c1-33(2,3)23-14-12-22(13-15-23)30(43)36-27-8-6-7-25(26(27)20-41)29-37-31(34)39-32(38-29)35-24-16-10-21(11-17-24)19-40-18-5-4-9-28(40)42/h4-18,41H,19-20H2,1-3H3,(H,36,43)(H3,34,35,37,38,39). The highest BCUT2D eigenvalue weighted by molar-refractivity contribution is 6.05. The molecule has 0 unspecified atom stereocenters. The van der Waals surface area contributed by atoms with Crippen molar-refractivity contribution in [2.45, 2.75) is 39.3 Å². The van der Waals surface area contributed by atoms with Crippen LogP contribution < -0.4 is 21.9 Å². The van der Waals surface area contributed by atoms with Gasteiger partial charge in [0.15, 0.2) is 5.82 Å². The molecule has 5 aromatic rings. The lowest BCUT2D eigenvalue weighted by atomic mass is 9.86. The number of aromatic nitrogens is 4. The number of nitrogens with one attached hydrogen (secondary N) is 2. The van der Waals surface area contributed by atoms with Crippen molar-refractivity contribution < 1.29 is 9.90 Å². The molecule has 0 saturated carbocycles. The van der Waals surface area contributed by atoms with E-state index in [1.165, 1.54) is 6.07 Å². The molecular weight excluding hydrogens is 542 g/mol. The first-order chi connectivity index (χ1) is 20.6. The number of aliphatic hydroxyl groups is 1. The number of nitrogen functional groups attached to an aromatic ring is 1. The number of carbonyl (C=O) groups is 1. The van der Waals surface area contributed by atoms with Crippen molar-refractivity contribution in [3.63, 3.8) is 0 Å². The normalized spacial score (nSPS) is 11.3. The third-order valence-electron chi connectivity index (χ3n) is 6.95. The number of pyridine rings is 1. The van der Waals surface area contributed by atoms with E-state index < -0.39 is 0 Å². The van der Waals surface area contributed by atoms with Crippen molar-refractivity contribution in [2.75, 3.05) is 16.4 Å². The first-order valence-corrected chi connectivity index (χ1v) is 13.8. The van der Waals surface area contributed by atoms with Crippen LogP contribution in [0.15, 0.2) is 95.9 Å². The van der Waals surface area contributed by atoms with Gasteiger partial charge < -0.3 is 26.0 Å². The highest BCUT2D eigenvalue weighted by atomic mass is 16.3. The van der Waals surface area contributed by atoms with E-state index in [1.54, 1.807) is 47.2 Å². The number of hydrogen-bond donors (Lipinski definition) is 4. The Bertz CT molecular complexity index is 1810. The van der Waals surface area contributed by atoms with E-state index in [4.69, 9.17) is 5.73 Å². The predicted octanol–water partition coefficient (Wildman–Crippen LogP) is 5.12. The number of anilines is 4. The second-order valence-corrected chi connectivity index (χ2v) is 11.1. The molecule has 0 radical (unpaired) electrons. The topological polar surface area (TPSA) is 148 Å². The van der Waals surface area contributed by atoms with E-state index in [2.05, 4.69) is 46.4 Å². The molecule has 3 aromatic carbocycles. The Kier molecular flexibility index (Phi) is 8.31. The van der Waals surface area contributed by atoms with Crippen LogP contribution in [0.1, 0.15) is 47.8 Å². The summed E-state index contributed by atoms with van der Waals surface area (Å²) in [6.45, 7) is 6.42. The molecule has 0 atom stereocenters. The molecule has 0 aliphatic heterocycles. The van der Waals surface area contributed by atoms with E-state index in [9.17, 15) is 14.7 Å². The zero-order valence-corrected chi connectivity index (χ0v) is 24.2. The monoisotopic (exact) mass is 575 g/mol. The van der Waals surface area contributed by atoms with Gasteiger partial charge in [0.25, 0.3) is 11.5 Å². The van der Waals surface area contributed by atoms with Crippen molar-refractivity contribution in [1.29, 1.82) is 0 Å². The van der Waals surface area contributed by atoms with E-state index in [0.717, 1.165) is 11.1 Å². The molecule has 0 spiro atoms. The van der Waals surface area contributed by atoms with Crippen LogP contribution in [0.3, 0.4) is 0 Å². The number of rotatable bonds is 8. The summed E-state index contributed by atoms with van der Waals surface area (Å²) in [5.41, 5.74) is 10.6. The molecule has 5 N–H and O–H groups in total. The van der Waals surface area contributed by atoms with Gasteiger partial charge in [-0.15, -0.1) is 0 Å². The summed E-state index contributed by atoms with van der Waals surface area (Å²) in [6.07, 6.45) is 1.74. The average molecular weight is 576 g/mol. The Balaban J connectivity index is 1.36. The van der Waals surface area contributed by atoms with Gasteiger partial charge in [0.1, 0.15) is 0 Å². The lowest BCUT2D eigenvalue weighted by molar-refractivity contribution is 0.102. The Morgan fingerprint density at radius 2 is 1.65 bits per heavy atom. The number of benzene rings is 3. The van der Waals surface area contributed by atoms with Gasteiger partial charge in [-0.2, -0.15) is 15.0 Å². The van der Waals surface area contributed by atoms with Crippen LogP contribution in [-0.4, -0.2) is 30.5 Å². The van der Waals surface area contributed by atoms with E-state index >= 15 is 0 Å². The van der Waals surface area contributed by atoms with Crippen LogP contribution in [0.5, 0.6) is 0 Å². The van der Waals surface area contributed by atoms with Crippen molar-refractivity contribution in [1.82, 2.24) is 19.5 Å². The van der Waals surface area contributed by atoms with Gasteiger partial charge in [0, 0.05) is 40.3 Å². The maximum atomic E-state index is 13.1. The van der Waals surface area contributed by atoms with E-state index in [-0.39, 0.29) is 41.2 Å². The van der Waals surface area contributed by atoms with E-state index in [0.29, 0.717) is 34.6 Å². The smallest absolute Gasteiger partial charge is 0.255 e. The minimum atomic E-state index is -0.366. The van der Waals surface area contributed by atoms with Gasteiger partial charge in [-0.05, 0) is 52.9 Å². The molecule has 2 aromatic heterocycles. The zero-order valence-electron chi connectivity index (χ0n) is 24.2. The molecule has 2 heterocycles. The quantitative estimate of drug-likeness (QED) is 0.199. The molecule has 10 heteroatoms. The SMILES string of the molecule is CC(C)(C)c1ccc(C(=O)Nc2cccc(-c3nc(N)nc(Nc4ccc(Cn5ccccc5=O)cc4)n3)c2CO)cc1.